The van der Waals surface area contributed by atoms with Gasteiger partial charge in [0.2, 0.25) is 5.91 Å². The molecule has 0 saturated heterocycles. The molecule has 0 atom stereocenters. The minimum Gasteiger partial charge on any atom is -0.356 e. The van der Waals surface area contributed by atoms with Crippen molar-refractivity contribution in [3.05, 3.63) is 0 Å². The Morgan fingerprint density at radius 3 is 2.21 bits per heavy atom. The maximum Gasteiger partial charge on any atom is 0.222 e. The summed E-state index contributed by atoms with van der Waals surface area (Å²) in [6.07, 6.45) is 3.52. The molecular weight excluding hydrogens is 174 g/mol. The van der Waals surface area contributed by atoms with Crippen LogP contribution in [0.15, 0.2) is 0 Å². The van der Waals surface area contributed by atoms with Crippen LogP contribution >= 0.6 is 0 Å². The molecule has 14 heavy (non-hydrogen) atoms. The summed E-state index contributed by atoms with van der Waals surface area (Å²) >= 11 is 0. The van der Waals surface area contributed by atoms with Crippen molar-refractivity contribution in [3.8, 4) is 0 Å². The van der Waals surface area contributed by atoms with Crippen LogP contribution in [-0.4, -0.2) is 12.5 Å². The van der Waals surface area contributed by atoms with Gasteiger partial charge < -0.3 is 5.32 Å². The van der Waals surface area contributed by atoms with Crippen LogP contribution in [0.1, 0.15) is 53.9 Å². The van der Waals surface area contributed by atoms with E-state index < -0.39 is 0 Å². The first-order valence-corrected chi connectivity index (χ1v) is 5.60. The molecule has 0 aliphatic rings. The second-order valence-electron chi connectivity index (χ2n) is 5.46. The van der Waals surface area contributed by atoms with Gasteiger partial charge in [-0.25, -0.2) is 0 Å². The van der Waals surface area contributed by atoms with Crippen LogP contribution in [0.2, 0.25) is 0 Å². The number of amides is 1. The molecule has 84 valence electrons. The Bertz CT molecular complexity index is 168. The fraction of sp³-hybridized carbons (Fsp3) is 0.917. The number of rotatable bonds is 5. The monoisotopic (exact) mass is 199 g/mol. The van der Waals surface area contributed by atoms with Crippen LogP contribution < -0.4 is 5.32 Å². The Morgan fingerprint density at radius 2 is 1.79 bits per heavy atom. The average molecular weight is 199 g/mol. The minimum atomic E-state index is 0.109. The lowest BCUT2D eigenvalue weighted by Crippen LogP contribution is -2.28. The summed E-state index contributed by atoms with van der Waals surface area (Å²) in [5, 5.41) is 2.93. The SMILES string of the molecule is CC(C)C(=O)NCCCCC(C)(C)C. The summed E-state index contributed by atoms with van der Waals surface area (Å²) in [5.41, 5.74) is 0.419. The van der Waals surface area contributed by atoms with E-state index in [0.29, 0.717) is 5.41 Å². The third-order valence-corrected chi connectivity index (χ3v) is 2.18. The first-order valence-electron chi connectivity index (χ1n) is 5.60. The molecular formula is C12H25NO. The molecule has 0 aliphatic carbocycles. The summed E-state index contributed by atoms with van der Waals surface area (Å²) in [6.45, 7) is 11.4. The van der Waals surface area contributed by atoms with Gasteiger partial charge in [-0.15, -0.1) is 0 Å². The van der Waals surface area contributed by atoms with Crippen LogP contribution in [0.25, 0.3) is 0 Å². The fourth-order valence-electron chi connectivity index (χ4n) is 1.20. The van der Waals surface area contributed by atoms with Gasteiger partial charge in [0.15, 0.2) is 0 Å². The normalized spacial score (nSPS) is 11.9. The van der Waals surface area contributed by atoms with Gasteiger partial charge in [-0.1, -0.05) is 41.0 Å². The summed E-state index contributed by atoms with van der Waals surface area (Å²) in [7, 11) is 0. The summed E-state index contributed by atoms with van der Waals surface area (Å²) < 4.78 is 0. The Morgan fingerprint density at radius 1 is 1.21 bits per heavy atom. The second-order valence-corrected chi connectivity index (χ2v) is 5.46. The predicted molar refractivity (Wildman–Crippen MR) is 61.2 cm³/mol. The molecule has 0 saturated carbocycles. The topological polar surface area (TPSA) is 29.1 Å². The maximum atomic E-state index is 11.2. The van der Waals surface area contributed by atoms with Crippen LogP contribution in [0.5, 0.6) is 0 Å². The first-order chi connectivity index (χ1) is 6.33. The van der Waals surface area contributed by atoms with Gasteiger partial charge in [0, 0.05) is 12.5 Å². The van der Waals surface area contributed by atoms with E-state index in [4.69, 9.17) is 0 Å². The van der Waals surface area contributed by atoms with Gasteiger partial charge in [0.05, 0.1) is 0 Å². The highest BCUT2D eigenvalue weighted by Gasteiger charge is 2.09. The number of hydrogen-bond donors (Lipinski definition) is 1. The molecule has 0 bridgehead atoms. The number of hydrogen-bond acceptors (Lipinski definition) is 1. The predicted octanol–water partition coefficient (Wildman–Crippen LogP) is 2.98. The zero-order chi connectivity index (χ0) is 11.2. The molecule has 0 aromatic heterocycles. The van der Waals surface area contributed by atoms with Crippen molar-refractivity contribution in [3.63, 3.8) is 0 Å². The van der Waals surface area contributed by atoms with E-state index in [1.54, 1.807) is 0 Å². The Hall–Kier alpha value is -0.530. The quantitative estimate of drug-likeness (QED) is 0.678. The smallest absolute Gasteiger partial charge is 0.222 e. The molecule has 2 heteroatoms. The van der Waals surface area contributed by atoms with Gasteiger partial charge in [-0.2, -0.15) is 0 Å². The Labute approximate surface area is 88.5 Å². The molecule has 0 aromatic rings. The van der Waals surface area contributed by atoms with Gasteiger partial charge >= 0.3 is 0 Å². The number of carbonyl (C=O) groups excluding carboxylic acids is 1. The van der Waals surface area contributed by atoms with E-state index in [1.165, 1.54) is 12.8 Å². The van der Waals surface area contributed by atoms with Crippen molar-refractivity contribution in [1.29, 1.82) is 0 Å². The van der Waals surface area contributed by atoms with Crippen molar-refractivity contribution < 1.29 is 4.79 Å². The molecule has 0 spiro atoms. The number of carbonyl (C=O) groups is 1. The zero-order valence-electron chi connectivity index (χ0n) is 10.3. The van der Waals surface area contributed by atoms with Crippen LogP contribution in [-0.2, 0) is 4.79 Å². The summed E-state index contributed by atoms with van der Waals surface area (Å²) in [5.74, 6) is 0.276. The van der Waals surface area contributed by atoms with Crippen LogP contribution in [0.4, 0.5) is 0 Å². The van der Waals surface area contributed by atoms with Crippen LogP contribution in [0, 0.1) is 11.3 Å². The number of nitrogens with one attached hydrogen (secondary N) is 1. The van der Waals surface area contributed by atoms with Crippen LogP contribution in [0.3, 0.4) is 0 Å². The van der Waals surface area contributed by atoms with E-state index in [0.717, 1.165) is 13.0 Å². The highest BCUT2D eigenvalue weighted by molar-refractivity contribution is 5.77. The van der Waals surface area contributed by atoms with Gasteiger partial charge in [-0.3, -0.25) is 4.79 Å². The van der Waals surface area contributed by atoms with Crippen molar-refractivity contribution in [2.45, 2.75) is 53.9 Å². The summed E-state index contributed by atoms with van der Waals surface area (Å²) in [4.78, 5) is 11.2. The Balaban J connectivity index is 3.35. The van der Waals surface area contributed by atoms with E-state index in [9.17, 15) is 4.79 Å². The molecule has 0 rings (SSSR count). The fourth-order valence-corrected chi connectivity index (χ4v) is 1.20. The van der Waals surface area contributed by atoms with Gasteiger partial charge in [0.1, 0.15) is 0 Å². The average Bonchev–Trinajstić information content (AvgIpc) is 2.01. The molecule has 2 nitrogen and oxygen atoms in total. The van der Waals surface area contributed by atoms with Crippen molar-refractivity contribution in [2.75, 3.05) is 6.54 Å². The minimum absolute atomic E-state index is 0.109. The molecule has 0 unspecified atom stereocenters. The number of unbranched alkanes of at least 4 members (excludes halogenated alkanes) is 1. The molecule has 1 amide bonds. The van der Waals surface area contributed by atoms with E-state index >= 15 is 0 Å². The highest BCUT2D eigenvalue weighted by Crippen LogP contribution is 2.21. The zero-order valence-corrected chi connectivity index (χ0v) is 10.3. The van der Waals surface area contributed by atoms with Crippen molar-refractivity contribution >= 4 is 5.91 Å². The van der Waals surface area contributed by atoms with Gasteiger partial charge in [-0.05, 0) is 18.3 Å². The maximum absolute atomic E-state index is 11.2. The standard InChI is InChI=1S/C12H25NO/c1-10(2)11(14)13-9-7-6-8-12(3,4)5/h10H,6-9H2,1-5H3,(H,13,14). The molecule has 0 radical (unpaired) electrons. The lowest BCUT2D eigenvalue weighted by Gasteiger charge is -2.17. The van der Waals surface area contributed by atoms with Crippen molar-refractivity contribution in [1.82, 2.24) is 5.32 Å². The molecule has 0 heterocycles. The lowest BCUT2D eigenvalue weighted by molar-refractivity contribution is -0.123. The Kier molecular flexibility index (Phi) is 5.82. The van der Waals surface area contributed by atoms with E-state index in [2.05, 4.69) is 26.1 Å². The summed E-state index contributed by atoms with van der Waals surface area (Å²) in [6, 6.07) is 0. The first kappa shape index (κ1) is 13.5. The van der Waals surface area contributed by atoms with Gasteiger partial charge in [0.25, 0.3) is 0 Å². The molecule has 1 N–H and O–H groups in total. The molecule has 0 aliphatic heterocycles. The third kappa shape index (κ3) is 8.09. The van der Waals surface area contributed by atoms with Crippen molar-refractivity contribution in [2.24, 2.45) is 11.3 Å². The third-order valence-electron chi connectivity index (χ3n) is 2.18. The molecule has 0 fully saturated rings. The second kappa shape index (κ2) is 6.05. The highest BCUT2D eigenvalue weighted by atomic mass is 16.1. The molecule has 0 aromatic carbocycles. The van der Waals surface area contributed by atoms with E-state index in [1.807, 2.05) is 13.8 Å². The largest absolute Gasteiger partial charge is 0.356 e. The van der Waals surface area contributed by atoms with E-state index in [-0.39, 0.29) is 11.8 Å². The lowest BCUT2D eigenvalue weighted by atomic mass is 9.90.